The zero-order valence-electron chi connectivity index (χ0n) is 20.8. The van der Waals surface area contributed by atoms with Crippen molar-refractivity contribution < 1.29 is 23.9 Å². The first-order valence-electron chi connectivity index (χ1n) is 12.4. The van der Waals surface area contributed by atoms with E-state index in [1.807, 2.05) is 37.3 Å². The Morgan fingerprint density at radius 3 is 2.31 bits per heavy atom. The van der Waals surface area contributed by atoms with Gasteiger partial charge in [-0.2, -0.15) is 0 Å². The maximum absolute atomic E-state index is 13.7. The smallest absolute Gasteiger partial charge is 0.257 e. The van der Waals surface area contributed by atoms with Crippen molar-refractivity contribution in [2.24, 2.45) is 5.92 Å². The second-order valence-corrected chi connectivity index (χ2v) is 9.43. The van der Waals surface area contributed by atoms with Crippen LogP contribution in [-0.4, -0.2) is 49.4 Å². The number of carbonyl (C=O) groups excluding carboxylic acids is 3. The molecule has 2 fully saturated rings. The minimum Gasteiger partial charge on any atom is -0.493 e. The number of anilines is 1. The molecule has 7 nitrogen and oxygen atoms in total. The number of amides is 3. The van der Waals surface area contributed by atoms with Gasteiger partial charge in [0.2, 0.25) is 11.8 Å². The Kier molecular flexibility index (Phi) is 7.73. The van der Waals surface area contributed by atoms with Gasteiger partial charge in [-0.1, -0.05) is 43.0 Å². The van der Waals surface area contributed by atoms with Gasteiger partial charge in [0, 0.05) is 12.5 Å². The van der Waals surface area contributed by atoms with Gasteiger partial charge in [0.05, 0.1) is 26.3 Å². The molecule has 0 N–H and O–H groups in total. The summed E-state index contributed by atoms with van der Waals surface area (Å²) in [5, 5.41) is 0. The number of ether oxygens (including phenoxy) is 2. The third-order valence-corrected chi connectivity index (χ3v) is 7.12. The predicted molar refractivity (Wildman–Crippen MR) is 134 cm³/mol. The van der Waals surface area contributed by atoms with Gasteiger partial charge in [-0.05, 0) is 56.0 Å². The normalized spacial score (nSPS) is 18.6. The first kappa shape index (κ1) is 24.8. The molecule has 1 aliphatic carbocycles. The average Bonchev–Trinajstić information content (AvgIpc) is 3.18. The summed E-state index contributed by atoms with van der Waals surface area (Å²) < 4.78 is 10.7. The van der Waals surface area contributed by atoms with Crippen molar-refractivity contribution in [3.05, 3.63) is 53.6 Å². The molecule has 1 heterocycles. The van der Waals surface area contributed by atoms with E-state index in [0.29, 0.717) is 30.2 Å². The molecule has 1 aliphatic heterocycles. The van der Waals surface area contributed by atoms with Crippen molar-refractivity contribution in [3.63, 3.8) is 0 Å². The molecule has 2 aromatic rings. The standard InChI is InChI=1S/C28H34N2O5/c1-19-9-12-22(13-10-19)30-26(31)18-23(28(30)33)29(27(32)21-7-5-4-6-8-21)16-15-20-11-14-24(34-2)25(17-20)35-3/h9-14,17,21,23H,4-8,15-16,18H2,1-3H3. The van der Waals surface area contributed by atoms with Crippen molar-refractivity contribution in [3.8, 4) is 11.5 Å². The summed E-state index contributed by atoms with van der Waals surface area (Å²) in [6.07, 6.45) is 5.40. The number of benzene rings is 2. The van der Waals surface area contributed by atoms with E-state index in [-0.39, 0.29) is 30.1 Å². The van der Waals surface area contributed by atoms with Crippen molar-refractivity contribution in [1.82, 2.24) is 4.90 Å². The molecule has 0 bridgehead atoms. The second kappa shape index (κ2) is 10.9. The summed E-state index contributed by atoms with van der Waals surface area (Å²) in [5.74, 6) is 0.559. The summed E-state index contributed by atoms with van der Waals surface area (Å²) in [6, 6.07) is 12.2. The number of aryl methyl sites for hydroxylation is 1. The highest BCUT2D eigenvalue weighted by Crippen LogP contribution is 2.32. The topological polar surface area (TPSA) is 76.2 Å². The number of hydrogen-bond acceptors (Lipinski definition) is 5. The molecular formula is C28H34N2O5. The van der Waals surface area contributed by atoms with Crippen molar-refractivity contribution in [2.45, 2.75) is 57.9 Å². The lowest BCUT2D eigenvalue weighted by molar-refractivity contribution is -0.142. The van der Waals surface area contributed by atoms with Crippen LogP contribution in [0.15, 0.2) is 42.5 Å². The lowest BCUT2D eigenvalue weighted by atomic mass is 9.87. The first-order valence-corrected chi connectivity index (χ1v) is 12.4. The second-order valence-electron chi connectivity index (χ2n) is 9.43. The summed E-state index contributed by atoms with van der Waals surface area (Å²) >= 11 is 0. The fourth-order valence-corrected chi connectivity index (χ4v) is 5.11. The molecule has 2 aromatic carbocycles. The quantitative estimate of drug-likeness (QED) is 0.529. The SMILES string of the molecule is COc1ccc(CCN(C(=O)C2CCCCC2)C2CC(=O)N(c3ccc(C)cc3)C2=O)cc1OC. The predicted octanol–water partition coefficient (Wildman–Crippen LogP) is 4.30. The van der Waals surface area contributed by atoms with Crippen LogP contribution in [-0.2, 0) is 20.8 Å². The average molecular weight is 479 g/mol. The van der Waals surface area contributed by atoms with E-state index in [1.165, 1.54) is 4.90 Å². The van der Waals surface area contributed by atoms with Crippen molar-refractivity contribution in [1.29, 1.82) is 0 Å². The Morgan fingerprint density at radius 1 is 0.971 bits per heavy atom. The molecule has 186 valence electrons. The maximum Gasteiger partial charge on any atom is 0.257 e. The number of rotatable bonds is 8. The van der Waals surface area contributed by atoms with E-state index < -0.39 is 6.04 Å². The molecule has 7 heteroatoms. The number of methoxy groups -OCH3 is 2. The van der Waals surface area contributed by atoms with Crippen LogP contribution in [0.25, 0.3) is 0 Å². The minimum atomic E-state index is -0.779. The van der Waals surface area contributed by atoms with Crippen LogP contribution in [0, 0.1) is 12.8 Å². The van der Waals surface area contributed by atoms with Gasteiger partial charge in [0.25, 0.3) is 5.91 Å². The molecule has 2 aliphatic rings. The van der Waals surface area contributed by atoms with Crippen LogP contribution < -0.4 is 14.4 Å². The zero-order valence-corrected chi connectivity index (χ0v) is 20.8. The number of nitrogens with zero attached hydrogens (tertiary/aromatic N) is 2. The Balaban J connectivity index is 1.58. The molecule has 0 radical (unpaired) electrons. The largest absolute Gasteiger partial charge is 0.493 e. The highest BCUT2D eigenvalue weighted by atomic mass is 16.5. The van der Waals surface area contributed by atoms with Crippen molar-refractivity contribution in [2.75, 3.05) is 25.7 Å². The van der Waals surface area contributed by atoms with Gasteiger partial charge < -0.3 is 14.4 Å². The Hall–Kier alpha value is -3.35. The summed E-state index contributed by atoms with van der Waals surface area (Å²) in [7, 11) is 3.17. The summed E-state index contributed by atoms with van der Waals surface area (Å²) in [6.45, 7) is 2.31. The molecule has 1 saturated heterocycles. The number of imide groups is 1. The van der Waals surface area contributed by atoms with Crippen LogP contribution in [0.1, 0.15) is 49.7 Å². The lowest BCUT2D eigenvalue weighted by Crippen LogP contribution is -2.48. The number of hydrogen-bond donors (Lipinski definition) is 0. The minimum absolute atomic E-state index is 0.0110. The molecule has 0 spiro atoms. The van der Waals surface area contributed by atoms with Gasteiger partial charge in [-0.25, -0.2) is 4.90 Å². The number of carbonyl (C=O) groups is 3. The monoisotopic (exact) mass is 478 g/mol. The molecule has 3 amide bonds. The molecule has 1 atom stereocenters. The fraction of sp³-hybridized carbons (Fsp3) is 0.464. The van der Waals surface area contributed by atoms with E-state index in [1.54, 1.807) is 31.3 Å². The van der Waals surface area contributed by atoms with Gasteiger partial charge in [0.1, 0.15) is 6.04 Å². The van der Waals surface area contributed by atoms with Crippen LogP contribution >= 0.6 is 0 Å². The van der Waals surface area contributed by atoms with E-state index in [9.17, 15) is 14.4 Å². The van der Waals surface area contributed by atoms with Crippen LogP contribution in [0.3, 0.4) is 0 Å². The van der Waals surface area contributed by atoms with E-state index in [2.05, 4.69) is 0 Å². The maximum atomic E-state index is 13.7. The Bertz CT molecular complexity index is 1080. The Morgan fingerprint density at radius 2 is 1.66 bits per heavy atom. The summed E-state index contributed by atoms with van der Waals surface area (Å²) in [4.78, 5) is 43.0. The van der Waals surface area contributed by atoms with E-state index in [4.69, 9.17) is 9.47 Å². The van der Waals surface area contributed by atoms with Crippen LogP contribution in [0.5, 0.6) is 11.5 Å². The third kappa shape index (κ3) is 5.34. The van der Waals surface area contributed by atoms with Crippen molar-refractivity contribution >= 4 is 23.4 Å². The lowest BCUT2D eigenvalue weighted by Gasteiger charge is -2.32. The third-order valence-electron chi connectivity index (χ3n) is 7.12. The fourth-order valence-electron chi connectivity index (χ4n) is 5.11. The first-order chi connectivity index (χ1) is 16.9. The zero-order chi connectivity index (χ0) is 24.9. The van der Waals surface area contributed by atoms with E-state index >= 15 is 0 Å². The highest BCUT2D eigenvalue weighted by Gasteiger charge is 2.45. The van der Waals surface area contributed by atoms with Gasteiger partial charge in [0.15, 0.2) is 11.5 Å². The molecule has 1 unspecified atom stereocenters. The molecule has 1 saturated carbocycles. The molecule has 4 rings (SSSR count). The molecular weight excluding hydrogens is 444 g/mol. The van der Waals surface area contributed by atoms with E-state index in [0.717, 1.165) is 43.2 Å². The van der Waals surface area contributed by atoms with Gasteiger partial charge >= 0.3 is 0 Å². The molecule has 0 aromatic heterocycles. The summed E-state index contributed by atoms with van der Waals surface area (Å²) in [5.41, 5.74) is 2.57. The molecule has 35 heavy (non-hydrogen) atoms. The van der Waals surface area contributed by atoms with Crippen LogP contribution in [0.2, 0.25) is 0 Å². The highest BCUT2D eigenvalue weighted by molar-refractivity contribution is 6.23. The Labute approximate surface area is 207 Å². The van der Waals surface area contributed by atoms with Gasteiger partial charge in [-0.3, -0.25) is 14.4 Å². The van der Waals surface area contributed by atoms with Gasteiger partial charge in [-0.15, -0.1) is 0 Å². The van der Waals surface area contributed by atoms with Crippen LogP contribution in [0.4, 0.5) is 5.69 Å².